The van der Waals surface area contributed by atoms with Gasteiger partial charge >= 0.3 is 0 Å². The second-order valence-electron chi connectivity index (χ2n) is 3.63. The fourth-order valence-electron chi connectivity index (χ4n) is 1.28. The van der Waals surface area contributed by atoms with Gasteiger partial charge in [0.05, 0.1) is 13.2 Å². The molecule has 0 aliphatic carbocycles. The van der Waals surface area contributed by atoms with Gasteiger partial charge in [0.15, 0.2) is 5.69 Å². The highest BCUT2D eigenvalue weighted by Crippen LogP contribution is 2.11. The molecule has 108 valence electrons. The van der Waals surface area contributed by atoms with Crippen molar-refractivity contribution in [1.82, 2.24) is 15.0 Å². The molecule has 0 saturated carbocycles. The Bertz CT molecular complexity index is 609. The first-order valence-corrected chi connectivity index (χ1v) is 7.10. The maximum absolute atomic E-state index is 11.9. The van der Waals surface area contributed by atoms with E-state index in [1.165, 1.54) is 25.4 Å². The molecule has 20 heavy (non-hydrogen) atoms. The molecule has 9 heteroatoms. The zero-order valence-corrected chi connectivity index (χ0v) is 11.6. The van der Waals surface area contributed by atoms with Gasteiger partial charge in [-0.2, -0.15) is 5.26 Å². The Balaban J connectivity index is 2.67. The molecule has 1 aromatic heterocycles. The number of nitriles is 1. The molecule has 1 aromatic rings. The van der Waals surface area contributed by atoms with Gasteiger partial charge in [-0.1, -0.05) is 0 Å². The molecule has 0 spiro atoms. The summed E-state index contributed by atoms with van der Waals surface area (Å²) < 4.78 is 30.7. The van der Waals surface area contributed by atoms with E-state index in [0.717, 1.165) is 0 Å². The molecule has 0 aliphatic rings. The normalized spacial score (nSPS) is 10.8. The van der Waals surface area contributed by atoms with Crippen molar-refractivity contribution in [3.05, 3.63) is 24.0 Å². The number of sulfonamides is 1. The zero-order valence-electron chi connectivity index (χ0n) is 10.8. The van der Waals surface area contributed by atoms with E-state index >= 15 is 0 Å². The molecule has 1 heterocycles. The van der Waals surface area contributed by atoms with Crippen molar-refractivity contribution >= 4 is 15.9 Å². The molecule has 0 unspecified atom stereocenters. The number of ether oxygens (including phenoxy) is 1. The van der Waals surface area contributed by atoms with Crippen molar-refractivity contribution < 1.29 is 17.9 Å². The van der Waals surface area contributed by atoms with Gasteiger partial charge in [0.25, 0.3) is 0 Å². The summed E-state index contributed by atoms with van der Waals surface area (Å²) in [7, 11) is -2.47. The predicted molar refractivity (Wildman–Crippen MR) is 69.0 cm³/mol. The zero-order chi connectivity index (χ0) is 15.0. The molecular weight excluding hydrogens is 284 g/mol. The van der Waals surface area contributed by atoms with Gasteiger partial charge in [-0.15, -0.1) is 0 Å². The van der Waals surface area contributed by atoms with Crippen LogP contribution in [0.25, 0.3) is 0 Å². The third kappa shape index (κ3) is 4.58. The van der Waals surface area contributed by atoms with Crippen LogP contribution in [0.4, 0.5) is 0 Å². The standard InChI is InChI=1S/C11H14N4O4S/c1-19-6-5-14-11(16)8-15-20(17,18)10-3-2-4-13-9(10)7-12/h2-4,15H,5-6,8H2,1H3,(H,14,16). The Morgan fingerprint density at radius 2 is 2.30 bits per heavy atom. The van der Waals surface area contributed by atoms with Crippen LogP contribution in [0, 0.1) is 11.3 Å². The van der Waals surface area contributed by atoms with Crippen molar-refractivity contribution in [2.24, 2.45) is 0 Å². The predicted octanol–water partition coefficient (Wildman–Crippen LogP) is -1.01. The molecule has 8 nitrogen and oxygen atoms in total. The summed E-state index contributed by atoms with van der Waals surface area (Å²) in [5, 5.41) is 11.3. The number of carbonyl (C=O) groups is 1. The van der Waals surface area contributed by atoms with Crippen LogP contribution in [0.1, 0.15) is 5.69 Å². The second kappa shape index (κ2) is 7.54. The number of carbonyl (C=O) groups excluding carboxylic acids is 1. The number of hydrogen-bond acceptors (Lipinski definition) is 6. The van der Waals surface area contributed by atoms with Gasteiger partial charge in [-0.25, -0.2) is 18.1 Å². The highest BCUT2D eigenvalue weighted by Gasteiger charge is 2.19. The van der Waals surface area contributed by atoms with Crippen LogP contribution in [-0.4, -0.2) is 46.1 Å². The van der Waals surface area contributed by atoms with Gasteiger partial charge in [0.1, 0.15) is 11.0 Å². The molecule has 0 aliphatic heterocycles. The molecule has 0 atom stereocenters. The summed E-state index contributed by atoms with van der Waals surface area (Å²) in [5.74, 6) is -0.493. The van der Waals surface area contributed by atoms with E-state index in [4.69, 9.17) is 10.00 Å². The Morgan fingerprint density at radius 3 is 2.95 bits per heavy atom. The lowest BCUT2D eigenvalue weighted by Crippen LogP contribution is -2.38. The highest BCUT2D eigenvalue weighted by atomic mass is 32.2. The highest BCUT2D eigenvalue weighted by molar-refractivity contribution is 7.89. The fraction of sp³-hybridized carbons (Fsp3) is 0.364. The summed E-state index contributed by atoms with van der Waals surface area (Å²) in [4.78, 5) is 14.8. The first kappa shape index (κ1) is 16.0. The van der Waals surface area contributed by atoms with Crippen molar-refractivity contribution in [3.63, 3.8) is 0 Å². The van der Waals surface area contributed by atoms with E-state index in [2.05, 4.69) is 15.0 Å². The van der Waals surface area contributed by atoms with E-state index in [1.807, 2.05) is 0 Å². The minimum Gasteiger partial charge on any atom is -0.383 e. The number of amides is 1. The molecule has 0 saturated heterocycles. The molecule has 1 rings (SSSR count). The minimum atomic E-state index is -3.96. The van der Waals surface area contributed by atoms with E-state index in [0.29, 0.717) is 6.61 Å². The topological polar surface area (TPSA) is 121 Å². The van der Waals surface area contributed by atoms with E-state index in [1.54, 1.807) is 6.07 Å². The molecule has 2 N–H and O–H groups in total. The maximum Gasteiger partial charge on any atom is 0.243 e. The van der Waals surface area contributed by atoms with Crippen molar-refractivity contribution in [2.45, 2.75) is 4.90 Å². The monoisotopic (exact) mass is 298 g/mol. The van der Waals surface area contributed by atoms with E-state index in [-0.39, 0.29) is 17.1 Å². The molecule has 0 radical (unpaired) electrons. The summed E-state index contributed by atoms with van der Waals surface area (Å²) in [6.45, 7) is 0.193. The van der Waals surface area contributed by atoms with Crippen LogP contribution in [0.3, 0.4) is 0 Å². The van der Waals surface area contributed by atoms with E-state index in [9.17, 15) is 13.2 Å². The summed E-state index contributed by atoms with van der Waals surface area (Å²) in [6, 6.07) is 4.33. The van der Waals surface area contributed by atoms with Gasteiger partial charge in [0.2, 0.25) is 15.9 Å². The Hall–Kier alpha value is -2.02. The van der Waals surface area contributed by atoms with Gasteiger partial charge in [0, 0.05) is 19.9 Å². The van der Waals surface area contributed by atoms with Crippen molar-refractivity contribution in [2.75, 3.05) is 26.8 Å². The third-order valence-electron chi connectivity index (χ3n) is 2.22. The molecule has 0 fully saturated rings. The Morgan fingerprint density at radius 1 is 1.55 bits per heavy atom. The first-order chi connectivity index (χ1) is 9.51. The molecule has 0 aromatic carbocycles. The molecule has 0 bridgehead atoms. The quantitative estimate of drug-likeness (QED) is 0.622. The van der Waals surface area contributed by atoms with Crippen LogP contribution in [-0.2, 0) is 19.6 Å². The van der Waals surface area contributed by atoms with Crippen LogP contribution in [0.5, 0.6) is 0 Å². The molecular formula is C11H14N4O4S. The SMILES string of the molecule is COCCNC(=O)CNS(=O)(=O)c1cccnc1C#N. The van der Waals surface area contributed by atoms with Crippen LogP contribution < -0.4 is 10.0 Å². The number of pyridine rings is 1. The average molecular weight is 298 g/mol. The number of methoxy groups -OCH3 is 1. The van der Waals surface area contributed by atoms with E-state index < -0.39 is 22.5 Å². The largest absolute Gasteiger partial charge is 0.383 e. The summed E-state index contributed by atoms with van der Waals surface area (Å²) in [6.07, 6.45) is 1.31. The number of nitrogens with zero attached hydrogens (tertiary/aromatic N) is 2. The third-order valence-corrected chi connectivity index (χ3v) is 3.65. The fourth-order valence-corrected chi connectivity index (χ4v) is 2.37. The maximum atomic E-state index is 11.9. The number of hydrogen-bond donors (Lipinski definition) is 2. The molecule has 1 amide bonds. The first-order valence-electron chi connectivity index (χ1n) is 5.61. The van der Waals surface area contributed by atoms with Gasteiger partial charge in [-0.3, -0.25) is 4.79 Å². The van der Waals surface area contributed by atoms with Gasteiger partial charge in [-0.05, 0) is 12.1 Å². The number of nitrogens with one attached hydrogen (secondary N) is 2. The van der Waals surface area contributed by atoms with Crippen molar-refractivity contribution in [3.8, 4) is 6.07 Å². The Kier molecular flexibility index (Phi) is 6.05. The lowest BCUT2D eigenvalue weighted by Gasteiger charge is -2.08. The minimum absolute atomic E-state index is 0.222. The van der Waals surface area contributed by atoms with Crippen molar-refractivity contribution in [1.29, 1.82) is 5.26 Å². The Labute approximate surface area is 116 Å². The van der Waals surface area contributed by atoms with Crippen LogP contribution in [0.15, 0.2) is 23.2 Å². The lowest BCUT2D eigenvalue weighted by molar-refractivity contribution is -0.120. The smallest absolute Gasteiger partial charge is 0.243 e. The van der Waals surface area contributed by atoms with Gasteiger partial charge < -0.3 is 10.1 Å². The number of rotatable bonds is 7. The number of aromatic nitrogens is 1. The van der Waals surface area contributed by atoms with Crippen LogP contribution in [0.2, 0.25) is 0 Å². The summed E-state index contributed by atoms with van der Waals surface area (Å²) in [5.41, 5.74) is -0.222. The second-order valence-corrected chi connectivity index (χ2v) is 5.36. The average Bonchev–Trinajstić information content (AvgIpc) is 2.45. The summed E-state index contributed by atoms with van der Waals surface area (Å²) >= 11 is 0. The lowest BCUT2D eigenvalue weighted by atomic mass is 10.4. The van der Waals surface area contributed by atoms with Crippen LogP contribution >= 0.6 is 0 Å².